The Bertz CT molecular complexity index is 2760. The van der Waals surface area contributed by atoms with Gasteiger partial charge in [-0.3, -0.25) is 33.8 Å². The first kappa shape index (κ1) is 59.6. The highest BCUT2D eigenvalue weighted by molar-refractivity contribution is 6.29. The van der Waals surface area contributed by atoms with Gasteiger partial charge in [0.15, 0.2) is 5.69 Å². The maximum Gasteiger partial charge on any atom is 0.274 e. The molecule has 3 aliphatic rings. The molecule has 0 spiro atoms. The van der Waals surface area contributed by atoms with Gasteiger partial charge in [-0.25, -0.2) is 9.37 Å². The van der Waals surface area contributed by atoms with Crippen LogP contribution in [0.3, 0.4) is 0 Å². The molecule has 3 saturated heterocycles. The first-order valence-electron chi connectivity index (χ1n) is 26.1. The fraction of sp³-hybridized carbons (Fsp3) is 0.373. The molecule has 0 bridgehead atoms. The lowest BCUT2D eigenvalue weighted by molar-refractivity contribution is -0.134. The van der Waals surface area contributed by atoms with Crippen molar-refractivity contribution in [2.45, 2.75) is 53.4 Å². The molecule has 3 fully saturated rings. The molecule has 0 unspecified atom stereocenters. The zero-order valence-electron chi connectivity index (χ0n) is 44.4. The van der Waals surface area contributed by atoms with Crippen LogP contribution in [0.15, 0.2) is 128 Å². The van der Waals surface area contributed by atoms with E-state index in [1.165, 1.54) is 30.0 Å². The second-order valence-corrected chi connectivity index (χ2v) is 18.8. The number of hydrogen-bond acceptors (Lipinski definition) is 10. The third-order valence-electron chi connectivity index (χ3n) is 13.4. The number of primary amides is 1. The summed E-state index contributed by atoms with van der Waals surface area (Å²) in [5.74, 6) is -2.18. The van der Waals surface area contributed by atoms with E-state index in [1.807, 2.05) is 57.2 Å². The molecule has 3 aliphatic heterocycles. The molecule has 3 aromatic carbocycles. The number of benzene rings is 3. The number of aromatic nitrogens is 1. The van der Waals surface area contributed by atoms with Crippen LogP contribution in [0.5, 0.6) is 0 Å². The van der Waals surface area contributed by atoms with Crippen molar-refractivity contribution in [3.8, 4) is 11.1 Å². The first-order chi connectivity index (χ1) is 36.7. The Hall–Kier alpha value is -7.27. The summed E-state index contributed by atoms with van der Waals surface area (Å²) in [4.78, 5) is 79.1. The van der Waals surface area contributed by atoms with Crippen molar-refractivity contribution >= 4 is 52.5 Å². The number of alkyl halides is 1. The molecule has 7 rings (SSSR count). The number of anilines is 1. The van der Waals surface area contributed by atoms with Crippen molar-refractivity contribution in [1.29, 1.82) is 5.41 Å². The SMILES string of the molecule is C=C(/C=C\C=C/C)/C=C/N.CC.CCc1cccc(-c2cnc(C(=O)N3CCN(CC4CCN(CC(=O)N5CCN(C(=O)c6cc(CC(=N)c7ccccc7C(N)=O)ccc6F)CC5)CC4)CC3)c(NC(=O)CCl)c2)c1. The molecular weight excluding hydrogens is 983 g/mol. The number of nitrogens with one attached hydrogen (secondary N) is 2. The van der Waals surface area contributed by atoms with Crippen molar-refractivity contribution in [2.75, 3.05) is 89.7 Å². The largest absolute Gasteiger partial charge is 0.405 e. The molecule has 5 amide bonds. The Morgan fingerprint density at radius 3 is 2.08 bits per heavy atom. The van der Waals surface area contributed by atoms with E-state index in [1.54, 1.807) is 57.3 Å². The minimum atomic E-state index is -0.661. The molecular formula is C59H74ClFN10O5. The number of carbonyl (C=O) groups is 5. The number of halogens is 2. The van der Waals surface area contributed by atoms with E-state index in [2.05, 4.69) is 45.7 Å². The fourth-order valence-electron chi connectivity index (χ4n) is 9.22. The van der Waals surface area contributed by atoms with Gasteiger partial charge in [-0.2, -0.15) is 0 Å². The first-order valence-corrected chi connectivity index (χ1v) is 26.6. The Kier molecular flexibility index (Phi) is 23.8. The molecule has 4 heterocycles. The van der Waals surface area contributed by atoms with Crippen LogP contribution in [-0.2, 0) is 22.4 Å². The lowest BCUT2D eigenvalue weighted by Gasteiger charge is -2.39. The maximum absolute atomic E-state index is 15.0. The van der Waals surface area contributed by atoms with Gasteiger partial charge in [0.25, 0.3) is 11.8 Å². The van der Waals surface area contributed by atoms with Gasteiger partial charge in [0.2, 0.25) is 17.7 Å². The van der Waals surface area contributed by atoms with Crippen LogP contribution >= 0.6 is 11.6 Å². The number of hydrogen-bond donors (Lipinski definition) is 4. The van der Waals surface area contributed by atoms with E-state index < -0.39 is 23.5 Å². The van der Waals surface area contributed by atoms with Crippen molar-refractivity contribution in [1.82, 2.24) is 29.5 Å². The van der Waals surface area contributed by atoms with Crippen LogP contribution in [0.2, 0.25) is 0 Å². The quantitative estimate of drug-likeness (QED) is 0.0460. The van der Waals surface area contributed by atoms with Gasteiger partial charge in [0.1, 0.15) is 11.7 Å². The number of rotatable bonds is 17. The number of carbonyl (C=O) groups excluding carboxylic acids is 5. The Morgan fingerprint density at radius 1 is 0.776 bits per heavy atom. The Morgan fingerprint density at radius 2 is 1.43 bits per heavy atom. The minimum Gasteiger partial charge on any atom is -0.405 e. The topological polar surface area (TPSA) is 202 Å². The number of amides is 5. The van der Waals surface area contributed by atoms with Crippen LogP contribution in [-0.4, -0.2) is 149 Å². The number of aryl methyl sites for hydroxylation is 1. The number of piperidine rings is 1. The van der Waals surface area contributed by atoms with E-state index in [4.69, 9.17) is 28.5 Å². The molecule has 4 aromatic rings. The molecule has 404 valence electrons. The lowest BCUT2D eigenvalue weighted by Crippen LogP contribution is -2.53. The number of allylic oxidation sites excluding steroid dienone is 6. The highest BCUT2D eigenvalue weighted by Crippen LogP contribution is 2.27. The van der Waals surface area contributed by atoms with E-state index in [0.717, 1.165) is 68.7 Å². The van der Waals surface area contributed by atoms with Crippen LogP contribution in [0, 0.1) is 17.1 Å². The van der Waals surface area contributed by atoms with Gasteiger partial charge in [-0.05, 0) is 104 Å². The van der Waals surface area contributed by atoms with Crippen LogP contribution in [0.4, 0.5) is 10.1 Å². The van der Waals surface area contributed by atoms with Crippen molar-refractivity contribution < 1.29 is 28.4 Å². The molecule has 0 atom stereocenters. The van der Waals surface area contributed by atoms with E-state index >= 15 is 0 Å². The standard InChI is InChI=1S/C48H55ClFN9O5.C9H13N.C2H6/c1-2-32-6-5-7-35(24-32)36-27-42(54-43(60)28-49)45(53-29-36)48(64)59-18-16-56(17-19-59)30-33-12-14-55(15-13-33)31-44(61)57-20-22-58(23-21-57)47(63)39-25-34(10-11-40(39)50)26-41(51)37-8-3-4-9-38(37)46(52)62;1-3-4-5-6-9(2)7-8-10;1-2/h3-11,24-25,27,29,33,51H,2,12-23,26,28,30-31H2,1H3,(H2,52,62)(H,54,60);3-8H,2,10H2,1H3;1-2H3/b;4-3-,6-5-,8-7+;. The predicted molar refractivity (Wildman–Crippen MR) is 302 cm³/mol. The Balaban J connectivity index is 0.000000798. The second-order valence-electron chi connectivity index (χ2n) is 18.5. The second kappa shape index (κ2) is 30.3. The van der Waals surface area contributed by atoms with Crippen molar-refractivity contribution in [2.24, 2.45) is 17.4 Å². The van der Waals surface area contributed by atoms with Gasteiger partial charge >= 0.3 is 0 Å². The zero-order chi connectivity index (χ0) is 55.1. The molecule has 0 radical (unpaired) electrons. The van der Waals surface area contributed by atoms with E-state index in [-0.39, 0.29) is 59.7 Å². The van der Waals surface area contributed by atoms with Crippen molar-refractivity contribution in [3.63, 3.8) is 0 Å². The van der Waals surface area contributed by atoms with Crippen molar-refractivity contribution in [3.05, 3.63) is 167 Å². The lowest BCUT2D eigenvalue weighted by atomic mass is 9.96. The van der Waals surface area contributed by atoms with Gasteiger partial charge in [0, 0.05) is 93.9 Å². The van der Waals surface area contributed by atoms with Gasteiger partial charge in [0.05, 0.1) is 17.8 Å². The summed E-state index contributed by atoms with van der Waals surface area (Å²) in [6.45, 7) is 18.4. The van der Waals surface area contributed by atoms with Gasteiger partial charge < -0.3 is 36.9 Å². The van der Waals surface area contributed by atoms with Gasteiger partial charge in [-0.1, -0.05) is 100 Å². The molecule has 15 nitrogen and oxygen atoms in total. The number of nitrogens with two attached hydrogens (primary N) is 2. The summed E-state index contributed by atoms with van der Waals surface area (Å²) >= 11 is 5.82. The summed E-state index contributed by atoms with van der Waals surface area (Å²) in [6.07, 6.45) is 15.5. The zero-order valence-corrected chi connectivity index (χ0v) is 45.2. The monoisotopic (exact) mass is 1060 g/mol. The number of nitrogens with zero attached hydrogens (tertiary/aromatic N) is 6. The fourth-order valence-corrected chi connectivity index (χ4v) is 9.28. The summed E-state index contributed by atoms with van der Waals surface area (Å²) in [6, 6.07) is 20.6. The van der Waals surface area contributed by atoms with Crippen LogP contribution in [0.1, 0.15) is 88.4 Å². The smallest absolute Gasteiger partial charge is 0.274 e. The van der Waals surface area contributed by atoms with E-state index in [0.29, 0.717) is 55.5 Å². The number of likely N-dealkylation sites (tertiary alicyclic amines) is 1. The summed E-state index contributed by atoms with van der Waals surface area (Å²) in [5.41, 5.74) is 16.2. The van der Waals surface area contributed by atoms with Gasteiger partial charge in [-0.15, -0.1) is 11.6 Å². The summed E-state index contributed by atoms with van der Waals surface area (Å²) in [5, 5.41) is 11.4. The average molecular weight is 1060 g/mol. The highest BCUT2D eigenvalue weighted by Gasteiger charge is 2.31. The average Bonchev–Trinajstić information content (AvgIpc) is 3.44. The van der Waals surface area contributed by atoms with Crippen LogP contribution < -0.4 is 16.8 Å². The number of piperazine rings is 2. The molecule has 76 heavy (non-hydrogen) atoms. The third kappa shape index (κ3) is 17.1. The summed E-state index contributed by atoms with van der Waals surface area (Å²) < 4.78 is 15.0. The maximum atomic E-state index is 15.0. The predicted octanol–water partition coefficient (Wildman–Crippen LogP) is 7.96. The normalized spacial score (nSPS) is 15.5. The van der Waals surface area contributed by atoms with Crippen LogP contribution in [0.25, 0.3) is 11.1 Å². The highest BCUT2D eigenvalue weighted by atomic mass is 35.5. The summed E-state index contributed by atoms with van der Waals surface area (Å²) in [7, 11) is 0. The third-order valence-corrected chi connectivity index (χ3v) is 13.6. The molecule has 6 N–H and O–H groups in total. The molecule has 1 aromatic heterocycles. The minimum absolute atomic E-state index is 0.00878. The molecule has 0 saturated carbocycles. The van der Waals surface area contributed by atoms with E-state index in [9.17, 15) is 28.4 Å². The number of pyridine rings is 1. The molecule has 17 heteroatoms. The molecule has 0 aliphatic carbocycles. The Labute approximate surface area is 452 Å².